The van der Waals surface area contributed by atoms with Gasteiger partial charge in [-0.25, -0.2) is 10.8 Å². The highest BCUT2D eigenvalue weighted by Gasteiger charge is 2.11. The van der Waals surface area contributed by atoms with Crippen molar-refractivity contribution in [2.45, 2.75) is 0 Å². The van der Waals surface area contributed by atoms with E-state index in [4.69, 9.17) is 10.6 Å². The van der Waals surface area contributed by atoms with E-state index in [9.17, 15) is 0 Å². The van der Waals surface area contributed by atoms with Gasteiger partial charge in [0, 0.05) is 26.2 Å². The van der Waals surface area contributed by atoms with Gasteiger partial charge >= 0.3 is 0 Å². The number of morpholine rings is 1. The second kappa shape index (κ2) is 6.31. The fraction of sp³-hybridized carbons (Fsp3) is 0.500. The van der Waals surface area contributed by atoms with E-state index in [1.54, 1.807) is 11.3 Å². The van der Waals surface area contributed by atoms with Crippen LogP contribution >= 0.6 is 11.3 Å². The minimum absolute atomic E-state index is 0.439. The molecule has 2 aromatic heterocycles. The van der Waals surface area contributed by atoms with Gasteiger partial charge in [0.25, 0.3) is 0 Å². The quantitative estimate of drug-likeness (QED) is 0.553. The third-order valence-electron chi connectivity index (χ3n) is 3.28. The van der Waals surface area contributed by atoms with Gasteiger partial charge in [0.2, 0.25) is 5.95 Å². The summed E-state index contributed by atoms with van der Waals surface area (Å²) in [7, 11) is 0. The summed E-state index contributed by atoms with van der Waals surface area (Å²) in [5, 5.41) is 6.42. The van der Waals surface area contributed by atoms with Crippen LogP contribution in [0.5, 0.6) is 0 Å². The molecule has 2 aromatic rings. The fourth-order valence-electron chi connectivity index (χ4n) is 2.21. The van der Waals surface area contributed by atoms with Gasteiger partial charge in [-0.3, -0.25) is 10.3 Å². The lowest BCUT2D eigenvalue weighted by Gasteiger charge is -2.26. The van der Waals surface area contributed by atoms with Gasteiger partial charge in [-0.2, -0.15) is 4.98 Å². The normalized spacial score (nSPS) is 16.4. The average molecular weight is 294 g/mol. The molecule has 1 aliphatic heterocycles. The lowest BCUT2D eigenvalue weighted by atomic mass is 10.3. The predicted octanol–water partition coefficient (Wildman–Crippen LogP) is 0.721. The summed E-state index contributed by atoms with van der Waals surface area (Å²) < 4.78 is 5.34. The van der Waals surface area contributed by atoms with Crippen LogP contribution in [0.2, 0.25) is 0 Å². The number of hydrogen-bond donors (Lipinski definition) is 3. The van der Waals surface area contributed by atoms with Gasteiger partial charge in [-0.05, 0) is 11.4 Å². The zero-order chi connectivity index (χ0) is 13.8. The number of aromatic nitrogens is 2. The molecule has 108 valence electrons. The van der Waals surface area contributed by atoms with Crippen LogP contribution in [0.4, 0.5) is 11.8 Å². The van der Waals surface area contributed by atoms with Crippen LogP contribution in [0.15, 0.2) is 11.4 Å². The minimum atomic E-state index is 0.439. The number of nitrogens with one attached hydrogen (secondary N) is 2. The third kappa shape index (κ3) is 2.98. The number of nitrogens with zero attached hydrogens (tertiary/aromatic N) is 3. The van der Waals surface area contributed by atoms with E-state index in [2.05, 4.69) is 25.6 Å². The molecule has 0 aromatic carbocycles. The SMILES string of the molecule is NNc1nc(NCCN2CCOCC2)c2ccsc2n1. The third-order valence-corrected chi connectivity index (χ3v) is 4.08. The van der Waals surface area contributed by atoms with Crippen molar-refractivity contribution in [3.8, 4) is 0 Å². The summed E-state index contributed by atoms with van der Waals surface area (Å²) in [4.78, 5) is 12.0. The van der Waals surface area contributed by atoms with E-state index in [0.717, 1.165) is 55.4 Å². The van der Waals surface area contributed by atoms with Crippen LogP contribution < -0.4 is 16.6 Å². The number of ether oxygens (including phenoxy) is 1. The van der Waals surface area contributed by atoms with Gasteiger partial charge in [0.15, 0.2) is 0 Å². The van der Waals surface area contributed by atoms with Gasteiger partial charge in [0.05, 0.1) is 18.6 Å². The fourth-order valence-corrected chi connectivity index (χ4v) is 2.98. The molecule has 0 bridgehead atoms. The highest BCUT2D eigenvalue weighted by Crippen LogP contribution is 2.25. The molecular formula is C12H18N6OS. The molecule has 0 unspecified atom stereocenters. The highest BCUT2D eigenvalue weighted by molar-refractivity contribution is 7.16. The average Bonchev–Trinajstić information content (AvgIpc) is 2.96. The van der Waals surface area contributed by atoms with Crippen molar-refractivity contribution in [3.63, 3.8) is 0 Å². The molecule has 7 nitrogen and oxygen atoms in total. The second-order valence-electron chi connectivity index (χ2n) is 4.56. The highest BCUT2D eigenvalue weighted by atomic mass is 32.1. The Balaban J connectivity index is 1.65. The molecule has 3 rings (SSSR count). The predicted molar refractivity (Wildman–Crippen MR) is 81.0 cm³/mol. The molecule has 0 spiro atoms. The smallest absolute Gasteiger partial charge is 0.240 e. The van der Waals surface area contributed by atoms with E-state index in [1.165, 1.54) is 0 Å². The number of nitrogen functional groups attached to an aromatic ring is 1. The van der Waals surface area contributed by atoms with Crippen LogP contribution in [-0.4, -0.2) is 54.3 Å². The van der Waals surface area contributed by atoms with E-state index < -0.39 is 0 Å². The molecule has 3 heterocycles. The number of anilines is 2. The number of hydrogen-bond acceptors (Lipinski definition) is 8. The summed E-state index contributed by atoms with van der Waals surface area (Å²) in [6.07, 6.45) is 0. The molecule has 1 saturated heterocycles. The maximum absolute atomic E-state index is 5.40. The molecule has 8 heteroatoms. The number of rotatable bonds is 5. The molecule has 0 amide bonds. The zero-order valence-electron chi connectivity index (χ0n) is 11.1. The number of fused-ring (bicyclic) bond motifs is 1. The van der Waals surface area contributed by atoms with Crippen molar-refractivity contribution >= 4 is 33.3 Å². The molecule has 0 saturated carbocycles. The molecule has 1 aliphatic rings. The first-order valence-corrected chi connectivity index (χ1v) is 7.50. The molecule has 4 N–H and O–H groups in total. The monoisotopic (exact) mass is 294 g/mol. The molecule has 0 aliphatic carbocycles. The molecule has 0 atom stereocenters. The van der Waals surface area contributed by atoms with Gasteiger partial charge in [-0.1, -0.05) is 0 Å². The summed E-state index contributed by atoms with van der Waals surface area (Å²) in [5.41, 5.74) is 2.51. The maximum atomic E-state index is 5.40. The molecular weight excluding hydrogens is 276 g/mol. The second-order valence-corrected chi connectivity index (χ2v) is 5.45. The summed E-state index contributed by atoms with van der Waals surface area (Å²) in [6, 6.07) is 2.03. The van der Waals surface area contributed by atoms with Crippen LogP contribution in [0.3, 0.4) is 0 Å². The zero-order valence-corrected chi connectivity index (χ0v) is 11.9. The van der Waals surface area contributed by atoms with Crippen molar-refractivity contribution < 1.29 is 4.74 Å². The Labute approximate surface area is 121 Å². The molecule has 1 fully saturated rings. The molecule has 20 heavy (non-hydrogen) atoms. The van der Waals surface area contributed by atoms with Crippen molar-refractivity contribution in [1.82, 2.24) is 14.9 Å². The van der Waals surface area contributed by atoms with Gasteiger partial charge < -0.3 is 10.1 Å². The van der Waals surface area contributed by atoms with E-state index in [0.29, 0.717) is 5.95 Å². The van der Waals surface area contributed by atoms with Crippen LogP contribution in [-0.2, 0) is 4.74 Å². The number of thiophene rings is 1. The standard InChI is InChI=1S/C12H18N6OS/c13-17-12-15-10(9-1-8-20-11(9)16-12)14-2-3-18-4-6-19-7-5-18/h1,8H,2-7,13H2,(H2,14,15,16,17). The molecule has 0 radical (unpaired) electrons. The van der Waals surface area contributed by atoms with Crippen LogP contribution in [0, 0.1) is 0 Å². The first kappa shape index (κ1) is 13.5. The van der Waals surface area contributed by atoms with E-state index in [1.807, 2.05) is 11.4 Å². The first-order chi connectivity index (χ1) is 9.86. The Morgan fingerprint density at radius 3 is 3.00 bits per heavy atom. The Hall–Kier alpha value is -1.48. The Kier molecular flexibility index (Phi) is 4.26. The van der Waals surface area contributed by atoms with E-state index >= 15 is 0 Å². The minimum Gasteiger partial charge on any atom is -0.379 e. The summed E-state index contributed by atoms with van der Waals surface area (Å²) in [6.45, 7) is 5.45. The number of hydrazine groups is 1. The van der Waals surface area contributed by atoms with Crippen LogP contribution in [0.1, 0.15) is 0 Å². The Morgan fingerprint density at radius 1 is 1.35 bits per heavy atom. The summed E-state index contributed by atoms with van der Waals surface area (Å²) in [5.74, 6) is 6.67. The Morgan fingerprint density at radius 2 is 2.20 bits per heavy atom. The lowest BCUT2D eigenvalue weighted by molar-refractivity contribution is 0.0398. The van der Waals surface area contributed by atoms with Crippen molar-refractivity contribution in [2.75, 3.05) is 50.1 Å². The topological polar surface area (TPSA) is 88.3 Å². The number of nitrogens with two attached hydrogens (primary N) is 1. The lowest BCUT2D eigenvalue weighted by Crippen LogP contribution is -2.39. The van der Waals surface area contributed by atoms with Crippen molar-refractivity contribution in [1.29, 1.82) is 0 Å². The Bertz CT molecular complexity index is 568. The van der Waals surface area contributed by atoms with Crippen molar-refractivity contribution in [3.05, 3.63) is 11.4 Å². The maximum Gasteiger partial charge on any atom is 0.240 e. The van der Waals surface area contributed by atoms with Crippen molar-refractivity contribution in [2.24, 2.45) is 5.84 Å². The van der Waals surface area contributed by atoms with Gasteiger partial charge in [-0.15, -0.1) is 11.3 Å². The largest absolute Gasteiger partial charge is 0.379 e. The van der Waals surface area contributed by atoms with Gasteiger partial charge in [0.1, 0.15) is 10.6 Å². The first-order valence-electron chi connectivity index (χ1n) is 6.62. The van der Waals surface area contributed by atoms with E-state index in [-0.39, 0.29) is 0 Å². The van der Waals surface area contributed by atoms with Crippen LogP contribution in [0.25, 0.3) is 10.2 Å². The summed E-state index contributed by atoms with van der Waals surface area (Å²) >= 11 is 1.58.